The number of aliphatic hydroxyl groups is 1. The lowest BCUT2D eigenvalue weighted by molar-refractivity contribution is 0.150. The number of aromatic nitrogens is 1. The molecule has 4 aromatic rings. The molecular formula is C20H18N2O3S. The Bertz CT molecular complexity index is 1110. The fraction of sp³-hybridized carbons (Fsp3) is 0.150. The number of thiophene rings is 1. The van der Waals surface area contributed by atoms with Crippen LogP contribution in [0.4, 0.5) is 0 Å². The van der Waals surface area contributed by atoms with Gasteiger partial charge in [0.1, 0.15) is 23.5 Å². The standard InChI is InChI=1S/C20H18N2O3S/c1-11-19(20(24)21-2)14-5-4-13(10-18(14)26-11)25-17-7-8-22-16-6-3-12(23)9-15(16)17/h3-10,20-21,23-24H,1-2H3. The average molecular weight is 366 g/mol. The zero-order valence-corrected chi connectivity index (χ0v) is 15.2. The molecular weight excluding hydrogens is 348 g/mol. The van der Waals surface area contributed by atoms with Crippen molar-refractivity contribution < 1.29 is 14.9 Å². The highest BCUT2D eigenvalue weighted by Crippen LogP contribution is 2.38. The van der Waals surface area contributed by atoms with E-state index in [1.54, 1.807) is 48.8 Å². The van der Waals surface area contributed by atoms with Gasteiger partial charge in [0.25, 0.3) is 0 Å². The summed E-state index contributed by atoms with van der Waals surface area (Å²) in [4.78, 5) is 5.36. The number of nitrogens with zero attached hydrogens (tertiary/aromatic N) is 1. The molecule has 0 spiro atoms. The monoisotopic (exact) mass is 366 g/mol. The molecule has 3 N–H and O–H groups in total. The first-order chi connectivity index (χ1) is 12.6. The van der Waals surface area contributed by atoms with Crippen molar-refractivity contribution in [3.8, 4) is 17.2 Å². The van der Waals surface area contributed by atoms with Crippen LogP contribution in [-0.4, -0.2) is 22.2 Å². The molecule has 0 saturated carbocycles. The van der Waals surface area contributed by atoms with Gasteiger partial charge in [-0.25, -0.2) is 0 Å². The zero-order chi connectivity index (χ0) is 18.3. The van der Waals surface area contributed by atoms with Crippen LogP contribution in [0.25, 0.3) is 21.0 Å². The summed E-state index contributed by atoms with van der Waals surface area (Å²) in [6, 6.07) is 12.6. The number of aryl methyl sites for hydroxylation is 1. The van der Waals surface area contributed by atoms with Crippen LogP contribution in [0.3, 0.4) is 0 Å². The molecule has 1 unspecified atom stereocenters. The number of benzene rings is 2. The van der Waals surface area contributed by atoms with Crippen molar-refractivity contribution in [1.82, 2.24) is 10.3 Å². The van der Waals surface area contributed by atoms with Crippen LogP contribution in [0.1, 0.15) is 16.7 Å². The van der Waals surface area contributed by atoms with Crippen LogP contribution in [0.15, 0.2) is 48.7 Å². The van der Waals surface area contributed by atoms with E-state index < -0.39 is 6.23 Å². The Kier molecular flexibility index (Phi) is 4.24. The quantitative estimate of drug-likeness (QED) is 0.465. The summed E-state index contributed by atoms with van der Waals surface area (Å²) >= 11 is 1.62. The number of hydrogen-bond donors (Lipinski definition) is 3. The van der Waals surface area contributed by atoms with Gasteiger partial charge < -0.3 is 14.9 Å². The second kappa shape index (κ2) is 6.57. The molecule has 0 saturated heterocycles. The Hall–Kier alpha value is -2.67. The number of phenolic OH excluding ortho intramolecular Hbond substituents is 1. The van der Waals surface area contributed by atoms with Gasteiger partial charge >= 0.3 is 0 Å². The summed E-state index contributed by atoms with van der Waals surface area (Å²) in [6.07, 6.45) is 0.992. The fourth-order valence-corrected chi connectivity index (χ4v) is 4.22. The van der Waals surface area contributed by atoms with Crippen LogP contribution >= 0.6 is 11.3 Å². The Labute approximate surface area is 154 Å². The molecule has 0 amide bonds. The maximum atomic E-state index is 10.2. The molecule has 0 aliphatic carbocycles. The minimum absolute atomic E-state index is 0.172. The largest absolute Gasteiger partial charge is 0.508 e. The van der Waals surface area contributed by atoms with Gasteiger partial charge in [-0.3, -0.25) is 10.3 Å². The Balaban J connectivity index is 1.76. The van der Waals surface area contributed by atoms with Crippen molar-refractivity contribution >= 4 is 32.3 Å². The number of ether oxygens (including phenoxy) is 1. The molecule has 132 valence electrons. The van der Waals surface area contributed by atoms with Gasteiger partial charge in [-0.15, -0.1) is 11.3 Å². The van der Waals surface area contributed by atoms with E-state index in [4.69, 9.17) is 4.74 Å². The topological polar surface area (TPSA) is 74.6 Å². The fourth-order valence-electron chi connectivity index (χ4n) is 3.09. The predicted octanol–water partition coefficient (Wildman–Crippen LogP) is 4.47. The van der Waals surface area contributed by atoms with E-state index in [9.17, 15) is 10.2 Å². The Morgan fingerprint density at radius 2 is 1.96 bits per heavy atom. The van der Waals surface area contributed by atoms with Crippen LogP contribution < -0.4 is 10.1 Å². The summed E-state index contributed by atoms with van der Waals surface area (Å²) in [7, 11) is 1.73. The molecule has 4 rings (SSSR count). The minimum Gasteiger partial charge on any atom is -0.508 e. The molecule has 0 aliphatic rings. The van der Waals surface area contributed by atoms with Crippen molar-refractivity contribution in [2.45, 2.75) is 13.2 Å². The molecule has 0 aliphatic heterocycles. The highest BCUT2D eigenvalue weighted by atomic mass is 32.1. The van der Waals surface area contributed by atoms with Gasteiger partial charge in [0.15, 0.2) is 0 Å². The molecule has 0 bridgehead atoms. The van der Waals surface area contributed by atoms with E-state index in [2.05, 4.69) is 10.3 Å². The van der Waals surface area contributed by atoms with Crippen LogP contribution in [0.2, 0.25) is 0 Å². The van der Waals surface area contributed by atoms with E-state index >= 15 is 0 Å². The molecule has 1 atom stereocenters. The Morgan fingerprint density at radius 3 is 2.77 bits per heavy atom. The summed E-state index contributed by atoms with van der Waals surface area (Å²) in [5.74, 6) is 1.50. The van der Waals surface area contributed by atoms with E-state index in [-0.39, 0.29) is 5.75 Å². The summed E-state index contributed by atoms with van der Waals surface area (Å²) in [5.41, 5.74) is 1.66. The molecule has 0 fully saturated rings. The van der Waals surface area contributed by atoms with E-state index in [1.807, 2.05) is 25.1 Å². The van der Waals surface area contributed by atoms with Crippen molar-refractivity contribution in [3.63, 3.8) is 0 Å². The summed E-state index contributed by atoms with van der Waals surface area (Å²) in [6.45, 7) is 2.00. The number of pyridine rings is 1. The second-order valence-corrected chi connectivity index (χ2v) is 7.29. The first kappa shape index (κ1) is 16.8. The molecule has 2 aromatic heterocycles. The lowest BCUT2D eigenvalue weighted by atomic mass is 10.1. The van der Waals surface area contributed by atoms with Gasteiger partial charge in [-0.1, -0.05) is 0 Å². The third-order valence-corrected chi connectivity index (χ3v) is 5.43. The highest BCUT2D eigenvalue weighted by Gasteiger charge is 2.16. The van der Waals surface area contributed by atoms with Crippen LogP contribution in [0, 0.1) is 6.92 Å². The summed E-state index contributed by atoms with van der Waals surface area (Å²) < 4.78 is 7.11. The molecule has 0 radical (unpaired) electrons. The lowest BCUT2D eigenvalue weighted by Crippen LogP contribution is -2.15. The van der Waals surface area contributed by atoms with E-state index in [0.717, 1.165) is 31.4 Å². The predicted molar refractivity (Wildman–Crippen MR) is 104 cm³/mol. The molecule has 5 nitrogen and oxygen atoms in total. The number of nitrogens with one attached hydrogen (secondary N) is 1. The number of phenols is 1. The first-order valence-corrected chi connectivity index (χ1v) is 9.02. The number of aliphatic hydroxyl groups excluding tert-OH is 1. The van der Waals surface area contributed by atoms with Gasteiger partial charge in [0.05, 0.1) is 5.52 Å². The molecule has 6 heteroatoms. The number of fused-ring (bicyclic) bond motifs is 2. The number of hydrogen-bond acceptors (Lipinski definition) is 6. The average Bonchev–Trinajstić information content (AvgIpc) is 2.96. The van der Waals surface area contributed by atoms with Gasteiger partial charge in [-0.2, -0.15) is 0 Å². The number of rotatable bonds is 4. The van der Waals surface area contributed by atoms with Crippen molar-refractivity contribution in [3.05, 3.63) is 59.1 Å². The normalized spacial score (nSPS) is 12.6. The van der Waals surface area contributed by atoms with E-state index in [1.165, 1.54) is 0 Å². The Morgan fingerprint density at radius 1 is 1.12 bits per heavy atom. The first-order valence-electron chi connectivity index (χ1n) is 8.21. The minimum atomic E-state index is -0.692. The maximum Gasteiger partial charge on any atom is 0.138 e. The third kappa shape index (κ3) is 2.88. The van der Waals surface area contributed by atoms with Crippen molar-refractivity contribution in [2.75, 3.05) is 7.05 Å². The SMILES string of the molecule is CNC(O)c1c(C)sc2cc(Oc3ccnc4ccc(O)cc34)ccc12. The van der Waals surface area contributed by atoms with Gasteiger partial charge in [0.2, 0.25) is 0 Å². The molecule has 26 heavy (non-hydrogen) atoms. The van der Waals surface area contributed by atoms with Gasteiger partial charge in [0, 0.05) is 32.1 Å². The third-order valence-electron chi connectivity index (χ3n) is 4.35. The van der Waals surface area contributed by atoms with Crippen LogP contribution in [-0.2, 0) is 0 Å². The molecule has 2 heterocycles. The second-order valence-electron chi connectivity index (χ2n) is 6.03. The summed E-state index contributed by atoms with van der Waals surface area (Å²) in [5, 5.41) is 24.6. The zero-order valence-electron chi connectivity index (χ0n) is 14.4. The maximum absolute atomic E-state index is 10.2. The molecule has 2 aromatic carbocycles. The number of aromatic hydroxyl groups is 1. The van der Waals surface area contributed by atoms with E-state index in [0.29, 0.717) is 11.5 Å². The highest BCUT2D eigenvalue weighted by molar-refractivity contribution is 7.19. The van der Waals surface area contributed by atoms with Crippen LogP contribution in [0.5, 0.6) is 17.2 Å². The smallest absolute Gasteiger partial charge is 0.138 e. The lowest BCUT2D eigenvalue weighted by Gasteiger charge is -2.11. The van der Waals surface area contributed by atoms with Crippen molar-refractivity contribution in [1.29, 1.82) is 0 Å². The van der Waals surface area contributed by atoms with Gasteiger partial charge in [-0.05, 0) is 56.4 Å². The van der Waals surface area contributed by atoms with Crippen molar-refractivity contribution in [2.24, 2.45) is 0 Å².